The molecule has 11 atom stereocenters. The molecule has 0 amide bonds. The Labute approximate surface area is 250 Å². The predicted molar refractivity (Wildman–Crippen MR) is 158 cm³/mol. The lowest BCUT2D eigenvalue weighted by molar-refractivity contribution is -0.299. The van der Waals surface area contributed by atoms with Gasteiger partial charge in [0.05, 0.1) is 24.9 Å². The van der Waals surface area contributed by atoms with E-state index in [0.717, 1.165) is 11.1 Å². The highest BCUT2D eigenvalue weighted by Crippen LogP contribution is 2.47. The van der Waals surface area contributed by atoms with E-state index < -0.39 is 47.7 Å². The molecule has 1 aliphatic carbocycles. The molecule has 0 aromatic rings. The maximum Gasteiger partial charge on any atom is 0.316 e. The number of hydrogen-bond donors (Lipinski definition) is 2. The number of methoxy groups -OCH3 is 1. The first-order chi connectivity index (χ1) is 19.9. The molecule has 4 heterocycles. The molecule has 0 saturated carbocycles. The normalized spacial score (nSPS) is 47.6. The van der Waals surface area contributed by atoms with Crippen LogP contribution in [0.25, 0.3) is 0 Å². The quantitative estimate of drug-likeness (QED) is 0.360. The number of allylic oxidation sites excluding steroid dienone is 2. The number of aliphatic hydroxyl groups is 2. The van der Waals surface area contributed by atoms with Crippen molar-refractivity contribution in [2.75, 3.05) is 13.7 Å². The highest BCUT2D eigenvalue weighted by atomic mass is 16.7. The summed E-state index contributed by atoms with van der Waals surface area (Å²) in [7, 11) is 1.58. The van der Waals surface area contributed by atoms with Crippen LogP contribution in [-0.4, -0.2) is 77.9 Å². The Kier molecular flexibility index (Phi) is 9.06. The van der Waals surface area contributed by atoms with Crippen LogP contribution in [0.5, 0.6) is 0 Å². The summed E-state index contributed by atoms with van der Waals surface area (Å²) >= 11 is 0. The van der Waals surface area contributed by atoms with E-state index >= 15 is 0 Å². The molecule has 5 rings (SSSR count). The van der Waals surface area contributed by atoms with Gasteiger partial charge in [0.2, 0.25) is 0 Å². The molecule has 1 spiro atoms. The van der Waals surface area contributed by atoms with Gasteiger partial charge in [0, 0.05) is 31.8 Å². The average molecular weight is 585 g/mol. The summed E-state index contributed by atoms with van der Waals surface area (Å²) in [5.74, 6) is -2.19. The van der Waals surface area contributed by atoms with E-state index in [0.29, 0.717) is 24.8 Å². The van der Waals surface area contributed by atoms with Gasteiger partial charge < -0.3 is 33.9 Å². The second-order valence-corrected chi connectivity index (χ2v) is 13.3. The first kappa shape index (κ1) is 31.4. The van der Waals surface area contributed by atoms with E-state index in [4.69, 9.17) is 23.7 Å². The smallest absolute Gasteiger partial charge is 0.316 e. The number of esters is 1. The summed E-state index contributed by atoms with van der Waals surface area (Å²) in [6.07, 6.45) is 12.0. The van der Waals surface area contributed by atoms with Crippen LogP contribution in [0.3, 0.4) is 0 Å². The van der Waals surface area contributed by atoms with Crippen LogP contribution in [0.4, 0.5) is 0 Å². The van der Waals surface area contributed by atoms with Gasteiger partial charge in [-0.15, -0.1) is 0 Å². The van der Waals surface area contributed by atoms with Crippen molar-refractivity contribution in [3.05, 3.63) is 59.3 Å². The first-order valence-electron chi connectivity index (χ1n) is 15.4. The van der Waals surface area contributed by atoms with Crippen molar-refractivity contribution in [3.63, 3.8) is 0 Å². The molecule has 0 aromatic heterocycles. The van der Waals surface area contributed by atoms with Crippen molar-refractivity contribution in [1.29, 1.82) is 0 Å². The minimum Gasteiger partial charge on any atom is -0.462 e. The summed E-state index contributed by atoms with van der Waals surface area (Å²) in [4.78, 5) is 14.0. The molecule has 8 nitrogen and oxygen atoms in total. The topological polar surface area (TPSA) is 104 Å². The molecule has 4 aliphatic heterocycles. The van der Waals surface area contributed by atoms with Gasteiger partial charge in [-0.25, -0.2) is 0 Å². The third kappa shape index (κ3) is 5.74. The van der Waals surface area contributed by atoms with Crippen molar-refractivity contribution < 1.29 is 38.7 Å². The Hall–Kier alpha value is -2.07. The molecule has 0 aromatic carbocycles. The molecule has 232 valence electrons. The highest BCUT2D eigenvalue weighted by Gasteiger charge is 2.60. The van der Waals surface area contributed by atoms with Crippen LogP contribution < -0.4 is 0 Å². The molecule has 5 aliphatic rings. The van der Waals surface area contributed by atoms with Gasteiger partial charge in [-0.3, -0.25) is 4.79 Å². The van der Waals surface area contributed by atoms with Crippen LogP contribution in [0.15, 0.2) is 59.3 Å². The van der Waals surface area contributed by atoms with E-state index in [2.05, 4.69) is 26.8 Å². The van der Waals surface area contributed by atoms with Crippen molar-refractivity contribution >= 4 is 5.97 Å². The van der Waals surface area contributed by atoms with E-state index in [-0.39, 0.29) is 36.6 Å². The zero-order chi connectivity index (χ0) is 30.4. The Morgan fingerprint density at radius 2 is 1.83 bits per heavy atom. The third-order valence-corrected chi connectivity index (χ3v) is 9.73. The number of hydrogen-bond acceptors (Lipinski definition) is 8. The van der Waals surface area contributed by atoms with Gasteiger partial charge in [0.25, 0.3) is 0 Å². The lowest BCUT2D eigenvalue weighted by Gasteiger charge is -2.48. The highest BCUT2D eigenvalue weighted by molar-refractivity contribution is 5.78. The first-order valence-corrected chi connectivity index (χ1v) is 15.4. The monoisotopic (exact) mass is 584 g/mol. The second kappa shape index (κ2) is 12.1. The van der Waals surface area contributed by atoms with Crippen LogP contribution in [-0.2, 0) is 28.5 Å². The van der Waals surface area contributed by atoms with Gasteiger partial charge in [-0.05, 0) is 49.0 Å². The summed E-state index contributed by atoms with van der Waals surface area (Å²) in [5, 5.41) is 23.3. The van der Waals surface area contributed by atoms with Crippen LogP contribution in [0, 0.1) is 23.7 Å². The minimum absolute atomic E-state index is 0.0468. The summed E-state index contributed by atoms with van der Waals surface area (Å²) in [6, 6.07) is 0. The van der Waals surface area contributed by atoms with E-state index in [1.54, 1.807) is 19.3 Å². The van der Waals surface area contributed by atoms with Gasteiger partial charge in [0.15, 0.2) is 5.79 Å². The fourth-order valence-corrected chi connectivity index (χ4v) is 7.32. The van der Waals surface area contributed by atoms with Crippen LogP contribution in [0.1, 0.15) is 60.8 Å². The lowest BCUT2D eigenvalue weighted by Crippen LogP contribution is -2.58. The van der Waals surface area contributed by atoms with Crippen molar-refractivity contribution in [2.24, 2.45) is 23.7 Å². The molecule has 2 N–H and O–H groups in total. The fraction of sp³-hybridized carbons (Fsp3) is 0.676. The molecule has 2 bridgehead atoms. The molecule has 0 radical (unpaired) electrons. The largest absolute Gasteiger partial charge is 0.462 e. The maximum atomic E-state index is 14.0. The fourth-order valence-electron chi connectivity index (χ4n) is 7.32. The Morgan fingerprint density at radius 3 is 2.55 bits per heavy atom. The number of carbonyl (C=O) groups is 1. The van der Waals surface area contributed by atoms with Gasteiger partial charge in [0.1, 0.15) is 29.8 Å². The SMILES string of the molecule is CO[C@@H]1C(C)=C[C@H]2C(=O)O[C@H]3C[C@@H](C/C=C(\C)[C@@H](O)[C@@H](C)/C=C/C=C4\CO[C@H]1[C@@]42O)O[C@@]1(C=C[C@H](C)[C@@H](C(C)C)O1)C3. The van der Waals surface area contributed by atoms with E-state index in [1.807, 2.05) is 45.1 Å². The Bertz CT molecular complexity index is 1180. The van der Waals surface area contributed by atoms with E-state index in [1.165, 1.54) is 0 Å². The molecule has 42 heavy (non-hydrogen) atoms. The number of fused-ring (bicyclic) bond motifs is 2. The van der Waals surface area contributed by atoms with Crippen molar-refractivity contribution in [2.45, 2.75) is 109 Å². The molecular weight excluding hydrogens is 536 g/mol. The number of rotatable bonds is 2. The molecule has 8 heteroatoms. The number of carbonyl (C=O) groups excluding carboxylic acids is 1. The summed E-state index contributed by atoms with van der Waals surface area (Å²) in [5.41, 5.74) is 0.589. The average Bonchev–Trinajstić information content (AvgIpc) is 3.28. The van der Waals surface area contributed by atoms with E-state index in [9.17, 15) is 15.0 Å². The summed E-state index contributed by atoms with van der Waals surface area (Å²) < 4.78 is 31.4. The zero-order valence-electron chi connectivity index (χ0n) is 26.0. The third-order valence-electron chi connectivity index (χ3n) is 9.73. The maximum absolute atomic E-state index is 14.0. The Morgan fingerprint density at radius 1 is 1.07 bits per heavy atom. The number of aliphatic hydroxyl groups excluding tert-OH is 1. The van der Waals surface area contributed by atoms with Crippen LogP contribution >= 0.6 is 0 Å². The van der Waals surface area contributed by atoms with Crippen LogP contribution in [0.2, 0.25) is 0 Å². The van der Waals surface area contributed by atoms with Gasteiger partial charge >= 0.3 is 5.97 Å². The second-order valence-electron chi connectivity index (χ2n) is 13.3. The Balaban J connectivity index is 1.56. The molecule has 0 unspecified atom stereocenters. The number of ether oxygens (including phenoxy) is 5. The van der Waals surface area contributed by atoms with Crippen molar-refractivity contribution in [3.8, 4) is 0 Å². The standard InChI is InChI=1S/C34H48O8/c1-19(2)29-22(5)13-14-33(42-29)17-26-16-25(41-33)12-11-21(4)28(35)20(3)9-8-10-24-18-39-31-30(38-7)23(6)15-27(32(36)40-26)34(24,31)37/h8-11,13-15,19-20,22,25-31,35,37H,12,16-18H2,1-7H3/b9-8+,21-11+,24-10+/t20-,22-,25+,26-,27-,28-,29+,30+,31+,33+,34+/m0/s1. The minimum atomic E-state index is -1.64. The molecular formula is C34H48O8. The lowest BCUT2D eigenvalue weighted by atomic mass is 9.70. The molecule has 2 saturated heterocycles. The summed E-state index contributed by atoms with van der Waals surface area (Å²) in [6.45, 7) is 12.3. The zero-order valence-corrected chi connectivity index (χ0v) is 26.0. The van der Waals surface area contributed by atoms with Gasteiger partial charge in [-0.1, -0.05) is 64.2 Å². The van der Waals surface area contributed by atoms with Gasteiger partial charge in [-0.2, -0.15) is 0 Å². The molecule has 2 fully saturated rings. The predicted octanol–water partition coefficient (Wildman–Crippen LogP) is 4.57. The van der Waals surface area contributed by atoms with Crippen molar-refractivity contribution in [1.82, 2.24) is 0 Å².